The third-order valence-electron chi connectivity index (χ3n) is 4.33. The summed E-state index contributed by atoms with van der Waals surface area (Å²) in [6, 6.07) is 1.75. The van der Waals surface area contributed by atoms with Crippen LogP contribution in [-0.2, 0) is 6.54 Å². The Hall–Kier alpha value is -3.14. The number of carbonyl (C=O) groups is 1. The Morgan fingerprint density at radius 3 is 2.81 bits per heavy atom. The molecule has 10 heteroatoms. The molecule has 2 rings (SSSR count). The van der Waals surface area contributed by atoms with Crippen LogP contribution in [0, 0.1) is 0 Å². The van der Waals surface area contributed by atoms with Crippen molar-refractivity contribution in [1.82, 2.24) is 19.8 Å². The first-order chi connectivity index (χ1) is 14.7. The zero-order chi connectivity index (χ0) is 23.0. The van der Waals surface area contributed by atoms with Gasteiger partial charge in [-0.15, -0.1) is 0 Å². The monoisotopic (exact) mass is 434 g/mol. The lowest BCUT2D eigenvalue weighted by Gasteiger charge is -2.08. The molecule has 0 aliphatic rings. The van der Waals surface area contributed by atoms with Crippen LogP contribution in [0.4, 0.5) is 8.78 Å². The maximum absolute atomic E-state index is 12.5. The second-order valence-corrected chi connectivity index (χ2v) is 7.21. The molecule has 0 fully saturated rings. The highest BCUT2D eigenvalue weighted by Crippen LogP contribution is 2.24. The summed E-state index contributed by atoms with van der Waals surface area (Å²) in [4.78, 5) is 27.2. The van der Waals surface area contributed by atoms with E-state index in [1.807, 2.05) is 30.5 Å². The van der Waals surface area contributed by atoms with Gasteiger partial charge in [0.05, 0.1) is 37.6 Å². The molecular formula is C21H28F2N6O2. The Bertz CT molecular complexity index is 982. The van der Waals surface area contributed by atoms with Crippen molar-refractivity contribution >= 4 is 29.0 Å². The minimum Gasteiger partial charge on any atom is -0.495 e. The zero-order valence-electron chi connectivity index (χ0n) is 18.2. The van der Waals surface area contributed by atoms with E-state index in [9.17, 15) is 13.6 Å². The molecule has 0 bridgehead atoms. The predicted molar refractivity (Wildman–Crippen MR) is 119 cm³/mol. The lowest BCUT2D eigenvalue weighted by Crippen LogP contribution is -2.28. The molecule has 0 aliphatic heterocycles. The van der Waals surface area contributed by atoms with E-state index in [-0.39, 0.29) is 5.56 Å². The summed E-state index contributed by atoms with van der Waals surface area (Å²) in [5.41, 5.74) is 2.86. The third kappa shape index (κ3) is 6.95. The van der Waals surface area contributed by atoms with Crippen LogP contribution in [0.15, 0.2) is 40.6 Å². The van der Waals surface area contributed by atoms with Crippen molar-refractivity contribution < 1.29 is 18.3 Å². The van der Waals surface area contributed by atoms with Gasteiger partial charge in [0.2, 0.25) is 0 Å². The minimum atomic E-state index is -2.63. The van der Waals surface area contributed by atoms with Gasteiger partial charge in [-0.1, -0.05) is 6.58 Å². The molecule has 0 saturated carbocycles. The van der Waals surface area contributed by atoms with Crippen LogP contribution in [-0.4, -0.2) is 73.3 Å². The molecule has 2 aromatic heterocycles. The number of alkyl halides is 2. The van der Waals surface area contributed by atoms with Crippen molar-refractivity contribution in [2.45, 2.75) is 26.3 Å². The molecular weight excluding hydrogens is 406 g/mol. The highest BCUT2D eigenvalue weighted by molar-refractivity contribution is 6.06. The second-order valence-electron chi connectivity index (χ2n) is 7.21. The number of fused-ring (bicyclic) bond motifs is 1. The van der Waals surface area contributed by atoms with Gasteiger partial charge in [0.25, 0.3) is 12.3 Å². The Labute approximate surface area is 180 Å². The van der Waals surface area contributed by atoms with Crippen molar-refractivity contribution in [1.29, 1.82) is 0 Å². The SMILES string of the molecule is C=C(C)C(CCn1cc(C(=O)NCC(F)F)c2ncc(OC)cc21)=NC=NCN(C)C. The van der Waals surface area contributed by atoms with Gasteiger partial charge in [-0.25, -0.2) is 18.8 Å². The molecule has 0 aliphatic carbocycles. The highest BCUT2D eigenvalue weighted by Gasteiger charge is 2.18. The molecule has 1 amide bonds. The lowest BCUT2D eigenvalue weighted by atomic mass is 10.1. The van der Waals surface area contributed by atoms with E-state index >= 15 is 0 Å². The van der Waals surface area contributed by atoms with E-state index in [1.54, 1.807) is 12.3 Å². The van der Waals surface area contributed by atoms with Crippen LogP contribution in [0.3, 0.4) is 0 Å². The van der Waals surface area contributed by atoms with Crippen LogP contribution >= 0.6 is 0 Å². The van der Waals surface area contributed by atoms with Gasteiger partial charge in [0.15, 0.2) is 0 Å². The summed E-state index contributed by atoms with van der Waals surface area (Å²) in [5, 5.41) is 2.23. The fourth-order valence-corrected chi connectivity index (χ4v) is 2.80. The Morgan fingerprint density at radius 2 is 2.19 bits per heavy atom. The van der Waals surface area contributed by atoms with Gasteiger partial charge in [0, 0.05) is 30.9 Å². The minimum absolute atomic E-state index is 0.222. The molecule has 0 spiro atoms. The number of halogens is 2. The van der Waals surface area contributed by atoms with E-state index in [2.05, 4.69) is 26.9 Å². The van der Waals surface area contributed by atoms with Crippen molar-refractivity contribution in [2.24, 2.45) is 9.98 Å². The van der Waals surface area contributed by atoms with Crippen LogP contribution < -0.4 is 10.1 Å². The summed E-state index contributed by atoms with van der Waals surface area (Å²) in [7, 11) is 5.34. The molecule has 2 heterocycles. The number of allylic oxidation sites excluding steroid dienone is 1. The fraction of sp³-hybridized carbons (Fsp3) is 0.429. The summed E-state index contributed by atoms with van der Waals surface area (Å²) < 4.78 is 32.1. The fourth-order valence-electron chi connectivity index (χ4n) is 2.80. The average Bonchev–Trinajstić information content (AvgIpc) is 3.08. The van der Waals surface area contributed by atoms with Gasteiger partial charge in [-0.2, -0.15) is 0 Å². The van der Waals surface area contributed by atoms with Crippen LogP contribution in [0.1, 0.15) is 23.7 Å². The van der Waals surface area contributed by atoms with Gasteiger partial charge in [-0.05, 0) is 26.6 Å². The average molecular weight is 434 g/mol. The van der Waals surface area contributed by atoms with Crippen LogP contribution in [0.2, 0.25) is 0 Å². The molecule has 0 radical (unpaired) electrons. The van der Waals surface area contributed by atoms with Gasteiger partial charge in [0.1, 0.15) is 17.6 Å². The number of aryl methyl sites for hydroxylation is 1. The first-order valence-electron chi connectivity index (χ1n) is 9.67. The van der Waals surface area contributed by atoms with Crippen molar-refractivity contribution in [2.75, 3.05) is 34.4 Å². The highest BCUT2D eigenvalue weighted by atomic mass is 19.3. The predicted octanol–water partition coefficient (Wildman–Crippen LogP) is 2.99. The molecule has 1 N–H and O–H groups in total. The van der Waals surface area contributed by atoms with Gasteiger partial charge < -0.3 is 14.6 Å². The largest absolute Gasteiger partial charge is 0.495 e. The van der Waals surface area contributed by atoms with Crippen molar-refractivity contribution in [3.05, 3.63) is 36.2 Å². The molecule has 0 unspecified atom stereocenters. The number of nitrogens with one attached hydrogen (secondary N) is 1. The number of rotatable bonds is 11. The molecule has 8 nitrogen and oxygen atoms in total. The maximum Gasteiger partial charge on any atom is 0.255 e. The summed E-state index contributed by atoms with van der Waals surface area (Å²) in [6.45, 7) is 6.10. The molecule has 0 aromatic carbocycles. The summed E-state index contributed by atoms with van der Waals surface area (Å²) >= 11 is 0. The van der Waals surface area contributed by atoms with E-state index in [0.717, 1.165) is 11.3 Å². The topological polar surface area (TPSA) is 84.1 Å². The molecule has 2 aromatic rings. The number of aliphatic imine (C=N–C) groups is 2. The number of ether oxygens (including phenoxy) is 1. The van der Waals surface area contributed by atoms with Crippen molar-refractivity contribution in [3.8, 4) is 5.75 Å². The Balaban J connectivity index is 2.30. The summed E-state index contributed by atoms with van der Waals surface area (Å²) in [5.74, 6) is -0.0812. The van der Waals surface area contributed by atoms with Crippen LogP contribution in [0.5, 0.6) is 5.75 Å². The van der Waals surface area contributed by atoms with Gasteiger partial charge in [-0.3, -0.25) is 14.7 Å². The number of aromatic nitrogens is 2. The number of nitrogens with zero attached hydrogens (tertiary/aromatic N) is 5. The molecule has 0 atom stereocenters. The molecule has 31 heavy (non-hydrogen) atoms. The molecule has 0 saturated heterocycles. The number of carbonyl (C=O) groups excluding carboxylic acids is 1. The Kier molecular flexibility index (Phi) is 8.80. The zero-order valence-corrected chi connectivity index (χ0v) is 18.2. The first-order valence-corrected chi connectivity index (χ1v) is 9.67. The molecule has 168 valence electrons. The number of pyridine rings is 1. The van der Waals surface area contributed by atoms with E-state index in [0.29, 0.717) is 36.4 Å². The number of hydrogen-bond donors (Lipinski definition) is 1. The van der Waals surface area contributed by atoms with E-state index < -0.39 is 18.9 Å². The summed E-state index contributed by atoms with van der Waals surface area (Å²) in [6.07, 6.45) is 2.49. The smallest absolute Gasteiger partial charge is 0.255 e. The lowest BCUT2D eigenvalue weighted by molar-refractivity contribution is 0.0893. The normalized spacial score (nSPS) is 12.3. The standard InChI is InChI=1S/C21H28F2N6O2/c1-14(2)17(27-12-24-13-28(3)4)6-7-29-11-16(21(30)26-10-19(22)23)20-18(29)8-15(31-5)9-25-20/h8-9,11-12,19H,1,6-7,10,13H2,2-5H3,(H,26,30). The Morgan fingerprint density at radius 1 is 1.45 bits per heavy atom. The van der Waals surface area contributed by atoms with E-state index in [4.69, 9.17) is 4.74 Å². The van der Waals surface area contributed by atoms with E-state index in [1.165, 1.54) is 19.6 Å². The number of methoxy groups -OCH3 is 1. The van der Waals surface area contributed by atoms with Crippen LogP contribution in [0.25, 0.3) is 11.0 Å². The van der Waals surface area contributed by atoms with Gasteiger partial charge >= 0.3 is 0 Å². The maximum atomic E-state index is 12.5. The quantitative estimate of drug-likeness (QED) is 0.435. The van der Waals surface area contributed by atoms with Crippen molar-refractivity contribution in [3.63, 3.8) is 0 Å². The number of amides is 1. The third-order valence-corrected chi connectivity index (χ3v) is 4.33. The second kappa shape index (κ2) is 11.3. The number of hydrogen-bond acceptors (Lipinski definition) is 5. The first kappa shape index (κ1) is 24.1.